The zero-order valence-corrected chi connectivity index (χ0v) is 18.5. The van der Waals surface area contributed by atoms with E-state index in [9.17, 15) is 35.9 Å². The number of rotatable bonds is 5. The molecule has 1 fully saturated rings. The Labute approximate surface area is 196 Å². The van der Waals surface area contributed by atoms with Gasteiger partial charge < -0.3 is 10.2 Å². The number of nitrogens with zero attached hydrogens (tertiary/aromatic N) is 1. The van der Waals surface area contributed by atoms with Crippen molar-refractivity contribution in [2.24, 2.45) is 5.92 Å². The molecule has 1 aliphatic rings. The molecule has 1 saturated heterocycles. The van der Waals surface area contributed by atoms with Crippen LogP contribution in [-0.4, -0.2) is 36.3 Å². The second kappa shape index (κ2) is 10.2. The van der Waals surface area contributed by atoms with E-state index in [4.69, 9.17) is 11.6 Å². The van der Waals surface area contributed by atoms with Gasteiger partial charge in [-0.2, -0.15) is 26.3 Å². The summed E-state index contributed by atoms with van der Waals surface area (Å²) in [6, 6.07) is 7.88. The molecule has 1 unspecified atom stereocenters. The van der Waals surface area contributed by atoms with Crippen LogP contribution in [0.1, 0.15) is 39.9 Å². The van der Waals surface area contributed by atoms with Gasteiger partial charge in [-0.05, 0) is 55.2 Å². The first-order valence-corrected chi connectivity index (χ1v) is 10.8. The second-order valence-corrected chi connectivity index (χ2v) is 8.49. The van der Waals surface area contributed by atoms with Crippen LogP contribution in [0, 0.1) is 5.92 Å². The number of hydrogen-bond acceptors (Lipinski definition) is 2. The Bertz CT molecular complexity index is 1000. The van der Waals surface area contributed by atoms with Crippen molar-refractivity contribution in [1.29, 1.82) is 0 Å². The molecular weight excluding hydrogens is 486 g/mol. The third kappa shape index (κ3) is 6.65. The van der Waals surface area contributed by atoms with E-state index in [2.05, 4.69) is 5.32 Å². The minimum absolute atomic E-state index is 0.0239. The monoisotopic (exact) mass is 506 g/mol. The minimum Gasteiger partial charge on any atom is -0.355 e. The summed E-state index contributed by atoms with van der Waals surface area (Å²) < 4.78 is 78.7. The maximum absolute atomic E-state index is 13.1. The number of halogens is 7. The van der Waals surface area contributed by atoms with Gasteiger partial charge in [-0.25, -0.2) is 0 Å². The van der Waals surface area contributed by atoms with E-state index >= 15 is 0 Å². The standard InChI is InChI=1S/C23H21ClF6N2O2/c24-19-5-3-14(4-6-19)7-8-31-20(33)15-2-1-9-32(13-15)21(34)16-10-17(22(25,26)27)12-18(11-16)23(28,29)30/h3-6,10-12,15H,1-2,7-9,13H2,(H,31,33). The summed E-state index contributed by atoms with van der Waals surface area (Å²) in [5.74, 6) is -1.92. The van der Waals surface area contributed by atoms with Crippen molar-refractivity contribution < 1.29 is 35.9 Å². The summed E-state index contributed by atoms with van der Waals surface area (Å²) in [5.41, 5.74) is -2.88. The van der Waals surface area contributed by atoms with Crippen LogP contribution in [0.4, 0.5) is 26.3 Å². The average molecular weight is 507 g/mol. The highest BCUT2D eigenvalue weighted by Gasteiger charge is 2.38. The molecule has 0 radical (unpaired) electrons. The lowest BCUT2D eigenvalue weighted by atomic mass is 9.95. The average Bonchev–Trinajstić information content (AvgIpc) is 2.78. The fourth-order valence-electron chi connectivity index (χ4n) is 3.76. The molecule has 0 saturated carbocycles. The number of amides is 2. The highest BCUT2D eigenvalue weighted by Crippen LogP contribution is 2.36. The number of piperidine rings is 1. The summed E-state index contributed by atoms with van der Waals surface area (Å²) >= 11 is 5.83. The van der Waals surface area contributed by atoms with E-state index in [1.165, 1.54) is 0 Å². The van der Waals surface area contributed by atoms with E-state index in [-0.39, 0.29) is 25.1 Å². The van der Waals surface area contributed by atoms with E-state index in [1.807, 2.05) is 12.1 Å². The number of benzene rings is 2. The molecule has 184 valence electrons. The van der Waals surface area contributed by atoms with Crippen LogP contribution in [-0.2, 0) is 23.6 Å². The van der Waals surface area contributed by atoms with Crippen molar-refractivity contribution in [3.05, 3.63) is 69.7 Å². The Kier molecular flexibility index (Phi) is 7.80. The second-order valence-electron chi connectivity index (χ2n) is 8.05. The minimum atomic E-state index is -5.05. The largest absolute Gasteiger partial charge is 0.416 e. The Morgan fingerprint density at radius 3 is 2.12 bits per heavy atom. The van der Waals surface area contributed by atoms with Crippen molar-refractivity contribution in [3.63, 3.8) is 0 Å². The maximum atomic E-state index is 13.1. The van der Waals surface area contributed by atoms with Gasteiger partial charge in [-0.3, -0.25) is 9.59 Å². The fraction of sp³-hybridized carbons (Fsp3) is 0.391. The van der Waals surface area contributed by atoms with E-state index in [0.717, 1.165) is 10.5 Å². The van der Waals surface area contributed by atoms with Gasteiger partial charge >= 0.3 is 12.4 Å². The number of nitrogens with one attached hydrogen (secondary N) is 1. The van der Waals surface area contributed by atoms with Crippen LogP contribution < -0.4 is 5.32 Å². The molecule has 2 amide bonds. The Morgan fingerprint density at radius 2 is 1.56 bits per heavy atom. The Balaban J connectivity index is 1.67. The lowest BCUT2D eigenvalue weighted by Gasteiger charge is -2.32. The molecule has 1 atom stereocenters. The van der Waals surface area contributed by atoms with Crippen LogP contribution in [0.5, 0.6) is 0 Å². The molecule has 2 aromatic carbocycles. The third-order valence-electron chi connectivity index (χ3n) is 5.54. The topological polar surface area (TPSA) is 49.4 Å². The van der Waals surface area contributed by atoms with Gasteiger partial charge in [0.15, 0.2) is 0 Å². The SMILES string of the molecule is O=C(NCCc1ccc(Cl)cc1)C1CCCN(C(=O)c2cc(C(F)(F)F)cc(C(F)(F)F)c2)C1. The lowest BCUT2D eigenvalue weighted by molar-refractivity contribution is -0.143. The lowest BCUT2D eigenvalue weighted by Crippen LogP contribution is -2.45. The summed E-state index contributed by atoms with van der Waals surface area (Å²) in [5, 5.41) is 3.35. The van der Waals surface area contributed by atoms with Crippen LogP contribution >= 0.6 is 11.6 Å². The number of likely N-dealkylation sites (tertiary alicyclic amines) is 1. The van der Waals surface area contributed by atoms with Gasteiger partial charge in [-0.1, -0.05) is 23.7 Å². The predicted molar refractivity (Wildman–Crippen MR) is 113 cm³/mol. The molecule has 3 rings (SSSR count). The van der Waals surface area contributed by atoms with Crippen LogP contribution in [0.15, 0.2) is 42.5 Å². The molecule has 0 spiro atoms. The predicted octanol–water partition coefficient (Wildman–Crippen LogP) is 5.59. The fourth-order valence-corrected chi connectivity index (χ4v) is 3.89. The highest BCUT2D eigenvalue weighted by atomic mass is 35.5. The smallest absolute Gasteiger partial charge is 0.355 e. The van der Waals surface area contributed by atoms with Crippen molar-refractivity contribution in [2.75, 3.05) is 19.6 Å². The molecule has 0 aromatic heterocycles. The zero-order valence-electron chi connectivity index (χ0n) is 17.8. The van der Waals surface area contributed by atoms with Crippen molar-refractivity contribution in [1.82, 2.24) is 10.2 Å². The molecule has 1 aliphatic heterocycles. The van der Waals surface area contributed by atoms with Gasteiger partial charge in [0.2, 0.25) is 5.91 Å². The summed E-state index contributed by atoms with van der Waals surface area (Å²) in [4.78, 5) is 26.5. The zero-order chi connectivity index (χ0) is 25.1. The molecule has 0 aliphatic carbocycles. The number of carbonyl (C=O) groups excluding carboxylic acids is 2. The van der Waals surface area contributed by atoms with Gasteiger partial charge in [0.25, 0.3) is 5.91 Å². The summed E-state index contributed by atoms with van der Waals surface area (Å²) in [6.45, 7) is 0.363. The van der Waals surface area contributed by atoms with Crippen molar-refractivity contribution >= 4 is 23.4 Å². The quantitative estimate of drug-likeness (QED) is 0.538. The van der Waals surface area contributed by atoms with Gasteiger partial charge in [-0.15, -0.1) is 0 Å². The Hall–Kier alpha value is -2.75. The first kappa shape index (κ1) is 25.9. The number of alkyl halides is 6. The first-order valence-electron chi connectivity index (χ1n) is 10.5. The van der Waals surface area contributed by atoms with E-state index in [1.54, 1.807) is 12.1 Å². The normalized spacial score (nSPS) is 16.9. The number of carbonyl (C=O) groups is 2. The third-order valence-corrected chi connectivity index (χ3v) is 5.79. The van der Waals surface area contributed by atoms with Gasteiger partial charge in [0.1, 0.15) is 0 Å². The van der Waals surface area contributed by atoms with Gasteiger partial charge in [0.05, 0.1) is 17.0 Å². The van der Waals surface area contributed by atoms with Crippen molar-refractivity contribution in [2.45, 2.75) is 31.6 Å². The first-order chi connectivity index (χ1) is 15.8. The molecule has 4 nitrogen and oxygen atoms in total. The molecule has 2 aromatic rings. The maximum Gasteiger partial charge on any atom is 0.416 e. The molecule has 34 heavy (non-hydrogen) atoms. The number of hydrogen-bond donors (Lipinski definition) is 1. The molecule has 11 heteroatoms. The summed E-state index contributed by atoms with van der Waals surface area (Å²) in [7, 11) is 0. The van der Waals surface area contributed by atoms with Crippen LogP contribution in [0.3, 0.4) is 0 Å². The molecule has 1 heterocycles. The Morgan fingerprint density at radius 1 is 0.971 bits per heavy atom. The van der Waals surface area contributed by atoms with Gasteiger partial charge in [0, 0.05) is 30.2 Å². The van der Waals surface area contributed by atoms with Crippen molar-refractivity contribution in [3.8, 4) is 0 Å². The molecular formula is C23H21ClF6N2O2. The van der Waals surface area contributed by atoms with Crippen LogP contribution in [0.25, 0.3) is 0 Å². The molecule has 1 N–H and O–H groups in total. The van der Waals surface area contributed by atoms with Crippen LogP contribution in [0.2, 0.25) is 5.02 Å². The summed E-state index contributed by atoms with van der Waals surface area (Å²) in [6.07, 6.45) is -8.71. The van der Waals surface area contributed by atoms with E-state index in [0.29, 0.717) is 43.0 Å². The van der Waals surface area contributed by atoms with E-state index < -0.39 is 40.9 Å². The highest BCUT2D eigenvalue weighted by molar-refractivity contribution is 6.30. The molecule has 0 bridgehead atoms.